The normalized spacial score (nSPS) is 20.4. The van der Waals surface area contributed by atoms with Crippen molar-refractivity contribution in [3.8, 4) is 0 Å². The maximum atomic E-state index is 12.2. The second kappa shape index (κ2) is 5.04. The Balaban J connectivity index is 1.98. The Labute approximate surface area is 119 Å². The summed E-state index contributed by atoms with van der Waals surface area (Å²) in [6.45, 7) is 4.89. The molecule has 1 saturated heterocycles. The Hall–Kier alpha value is -1.64. The number of carbonyl (C=O) groups excluding carboxylic acids is 1. The molecule has 0 saturated carbocycles. The monoisotopic (exact) mass is 297 g/mol. The molecule has 0 radical (unpaired) electrons. The van der Waals surface area contributed by atoms with E-state index in [0.29, 0.717) is 13.1 Å². The maximum Gasteiger partial charge on any atom is 0.345 e. The van der Waals surface area contributed by atoms with Crippen molar-refractivity contribution in [2.75, 3.05) is 19.8 Å². The fraction of sp³-hybridized carbons (Fsp3) is 0.500. The summed E-state index contributed by atoms with van der Waals surface area (Å²) in [6.07, 6.45) is 1.57. The molecule has 20 heavy (non-hydrogen) atoms. The van der Waals surface area contributed by atoms with Gasteiger partial charge in [0.25, 0.3) is 0 Å². The summed E-state index contributed by atoms with van der Waals surface area (Å²) in [7, 11) is 0. The molecule has 1 aromatic rings. The van der Waals surface area contributed by atoms with Gasteiger partial charge in [-0.25, -0.2) is 4.79 Å². The fourth-order valence-electron chi connectivity index (χ4n) is 2.62. The number of rotatable bonds is 5. The van der Waals surface area contributed by atoms with Crippen molar-refractivity contribution in [1.29, 1.82) is 0 Å². The third-order valence-electron chi connectivity index (χ3n) is 3.46. The van der Waals surface area contributed by atoms with Crippen LogP contribution in [0.15, 0.2) is 17.4 Å². The van der Waals surface area contributed by atoms with Gasteiger partial charge in [-0.3, -0.25) is 14.2 Å². The first kappa shape index (κ1) is 13.3. The van der Waals surface area contributed by atoms with E-state index >= 15 is 0 Å². The lowest BCUT2D eigenvalue weighted by Crippen LogP contribution is -2.32. The molecule has 1 fully saturated rings. The molecule has 7 nitrogen and oxygen atoms in total. The summed E-state index contributed by atoms with van der Waals surface area (Å²) in [4.78, 5) is 32.0. The highest BCUT2D eigenvalue weighted by Crippen LogP contribution is 2.39. The number of hydrogen-bond acceptors (Lipinski definition) is 5. The summed E-state index contributed by atoms with van der Waals surface area (Å²) in [5, 5.41) is 10.4. The van der Waals surface area contributed by atoms with Crippen molar-refractivity contribution in [2.45, 2.75) is 19.1 Å². The molecular formula is C12H15N3O4S. The first-order valence-corrected chi connectivity index (χ1v) is 7.14. The average molecular weight is 297 g/mol. The molecule has 0 aromatic carbocycles. The summed E-state index contributed by atoms with van der Waals surface area (Å²) in [5.74, 6) is 0. The molecule has 3 rings (SSSR count). The van der Waals surface area contributed by atoms with Crippen LogP contribution in [-0.4, -0.2) is 45.4 Å². The van der Waals surface area contributed by atoms with E-state index in [-0.39, 0.29) is 36.7 Å². The largest absolute Gasteiger partial charge is 0.395 e. The molecule has 2 bridgehead atoms. The van der Waals surface area contributed by atoms with Crippen LogP contribution in [0, 0.1) is 0 Å². The minimum absolute atomic E-state index is 0.0988. The van der Waals surface area contributed by atoms with E-state index in [4.69, 9.17) is 9.94 Å². The molecule has 2 aliphatic rings. The molecule has 1 aromatic heterocycles. The van der Waals surface area contributed by atoms with Crippen molar-refractivity contribution in [3.63, 3.8) is 0 Å². The topological polar surface area (TPSA) is 75.0 Å². The smallest absolute Gasteiger partial charge is 0.345 e. The maximum absolute atomic E-state index is 12.2. The molecule has 2 aliphatic heterocycles. The van der Waals surface area contributed by atoms with E-state index in [2.05, 4.69) is 6.58 Å². The number of aliphatic hydroxyl groups excluding tert-OH is 1. The van der Waals surface area contributed by atoms with Crippen LogP contribution in [0.2, 0.25) is 0 Å². The Morgan fingerprint density at radius 2 is 2.30 bits per heavy atom. The number of amides is 2. The molecule has 3 heterocycles. The van der Waals surface area contributed by atoms with Crippen LogP contribution < -0.4 is 4.87 Å². The molecular weight excluding hydrogens is 282 g/mol. The zero-order valence-corrected chi connectivity index (χ0v) is 11.6. The van der Waals surface area contributed by atoms with Crippen molar-refractivity contribution in [3.05, 3.63) is 32.9 Å². The van der Waals surface area contributed by atoms with Crippen LogP contribution in [0.3, 0.4) is 0 Å². The number of urea groups is 1. The first-order chi connectivity index (χ1) is 9.67. The Morgan fingerprint density at radius 1 is 1.50 bits per heavy atom. The van der Waals surface area contributed by atoms with E-state index in [0.717, 1.165) is 21.9 Å². The molecule has 1 N–H and O–H groups in total. The van der Waals surface area contributed by atoms with Crippen LogP contribution in [0.1, 0.15) is 16.6 Å². The molecule has 8 heteroatoms. The number of aromatic nitrogens is 1. The van der Waals surface area contributed by atoms with Gasteiger partial charge in [0.2, 0.25) is 0 Å². The fourth-order valence-corrected chi connectivity index (χ4v) is 3.71. The van der Waals surface area contributed by atoms with Crippen molar-refractivity contribution >= 4 is 17.4 Å². The van der Waals surface area contributed by atoms with Crippen LogP contribution in [0.25, 0.3) is 0 Å². The highest BCUT2D eigenvalue weighted by Gasteiger charge is 2.46. The second-order valence-corrected chi connectivity index (χ2v) is 5.64. The van der Waals surface area contributed by atoms with Crippen molar-refractivity contribution in [1.82, 2.24) is 14.5 Å². The van der Waals surface area contributed by atoms with Crippen molar-refractivity contribution in [2.24, 2.45) is 0 Å². The molecule has 0 aliphatic carbocycles. The van der Waals surface area contributed by atoms with Crippen LogP contribution in [0.5, 0.6) is 0 Å². The minimum Gasteiger partial charge on any atom is -0.395 e. The van der Waals surface area contributed by atoms with Gasteiger partial charge in [0, 0.05) is 6.54 Å². The van der Waals surface area contributed by atoms with Gasteiger partial charge in [-0.05, 0) is 0 Å². The molecule has 1 unspecified atom stereocenters. The quantitative estimate of drug-likeness (QED) is 0.794. The number of fused-ring (bicyclic) bond motifs is 4. The molecule has 2 amide bonds. The predicted octanol–water partition coefficient (Wildman–Crippen LogP) is 0.312. The van der Waals surface area contributed by atoms with Gasteiger partial charge in [-0.15, -0.1) is 6.58 Å². The van der Waals surface area contributed by atoms with E-state index in [1.807, 2.05) is 0 Å². The number of nitrogens with zero attached hydrogens (tertiary/aromatic N) is 3. The Bertz CT molecular complexity index is 608. The lowest BCUT2D eigenvalue weighted by atomic mass is 10.1. The highest BCUT2D eigenvalue weighted by atomic mass is 32.1. The number of hydrogen-bond donors (Lipinski definition) is 1. The summed E-state index contributed by atoms with van der Waals surface area (Å²) >= 11 is 1.13. The lowest BCUT2D eigenvalue weighted by molar-refractivity contribution is -0.118. The van der Waals surface area contributed by atoms with Crippen LogP contribution >= 0.6 is 11.3 Å². The highest BCUT2D eigenvalue weighted by molar-refractivity contribution is 7.09. The van der Waals surface area contributed by atoms with Crippen LogP contribution in [-0.2, 0) is 17.9 Å². The standard InChI is InChI=1S/C12H15N3O4S/c1-2-5-19-15-9-7-13(11(15)17)6-8-10(9)20-12(18)14(8)3-4-16/h2,9,16H,1,3-7H2. The third-order valence-corrected chi connectivity index (χ3v) is 4.58. The average Bonchev–Trinajstić information content (AvgIpc) is 2.88. The second-order valence-electron chi connectivity index (χ2n) is 4.64. The van der Waals surface area contributed by atoms with Gasteiger partial charge < -0.3 is 10.0 Å². The minimum atomic E-state index is -0.246. The van der Waals surface area contributed by atoms with Gasteiger partial charge in [0.15, 0.2) is 0 Å². The van der Waals surface area contributed by atoms with Crippen LogP contribution in [0.4, 0.5) is 4.79 Å². The zero-order chi connectivity index (χ0) is 14.3. The van der Waals surface area contributed by atoms with E-state index < -0.39 is 0 Å². The lowest BCUT2D eigenvalue weighted by Gasteiger charge is -2.22. The van der Waals surface area contributed by atoms with E-state index in [1.165, 1.54) is 5.06 Å². The number of thiazole rings is 1. The predicted molar refractivity (Wildman–Crippen MR) is 72.2 cm³/mol. The third kappa shape index (κ3) is 1.88. The van der Waals surface area contributed by atoms with Gasteiger partial charge in [0.1, 0.15) is 6.04 Å². The Morgan fingerprint density at radius 3 is 3.00 bits per heavy atom. The van der Waals surface area contributed by atoms with E-state index in [1.54, 1.807) is 15.5 Å². The SMILES string of the molecule is C=CCON1C(=O)N2Cc3c(sc(=O)n3CCO)C1C2. The summed E-state index contributed by atoms with van der Waals surface area (Å²) in [6, 6.07) is -0.438. The van der Waals surface area contributed by atoms with Gasteiger partial charge >= 0.3 is 10.9 Å². The zero-order valence-electron chi connectivity index (χ0n) is 10.8. The summed E-state index contributed by atoms with van der Waals surface area (Å²) in [5.41, 5.74) is 0.809. The van der Waals surface area contributed by atoms with Gasteiger partial charge in [0.05, 0.1) is 36.9 Å². The molecule has 0 spiro atoms. The number of hydroxylamine groups is 2. The van der Waals surface area contributed by atoms with Gasteiger partial charge in [-0.1, -0.05) is 17.4 Å². The number of aliphatic hydroxyl groups is 1. The molecule has 1 atom stereocenters. The van der Waals surface area contributed by atoms with Crippen molar-refractivity contribution < 1.29 is 14.7 Å². The number of carbonyl (C=O) groups is 1. The molecule has 108 valence electrons. The first-order valence-electron chi connectivity index (χ1n) is 6.32. The van der Waals surface area contributed by atoms with E-state index in [9.17, 15) is 9.59 Å². The summed E-state index contributed by atoms with van der Waals surface area (Å²) < 4.78 is 1.55. The van der Waals surface area contributed by atoms with Gasteiger partial charge in [-0.2, -0.15) is 5.06 Å². The Kier molecular flexibility index (Phi) is 3.36.